The van der Waals surface area contributed by atoms with Crippen molar-refractivity contribution in [2.75, 3.05) is 20.3 Å². The number of aromatic carboxylic acids is 1. The van der Waals surface area contributed by atoms with Crippen LogP contribution in [0.5, 0.6) is 5.75 Å². The standard InChI is InChI=1S/C23H26N2O4/c1-28-17-9-10-19-20(14-24-13-18-8-5-11-29-18)22(23(26)27)25(21(19)12-17)15-16-6-3-2-4-7-16/h2-4,6-7,9-10,12,18,24H,5,8,11,13-15H2,1H3,(H,26,27)/t18-/m1/s1. The van der Waals surface area contributed by atoms with Crippen LogP contribution in [0.4, 0.5) is 0 Å². The van der Waals surface area contributed by atoms with E-state index in [9.17, 15) is 9.90 Å². The molecule has 6 nitrogen and oxygen atoms in total. The Morgan fingerprint density at radius 1 is 1.28 bits per heavy atom. The molecule has 0 spiro atoms. The number of nitrogens with zero attached hydrogens (tertiary/aromatic N) is 1. The fraction of sp³-hybridized carbons (Fsp3) is 0.348. The van der Waals surface area contributed by atoms with Gasteiger partial charge in [0.1, 0.15) is 11.4 Å². The molecule has 29 heavy (non-hydrogen) atoms. The van der Waals surface area contributed by atoms with Crippen molar-refractivity contribution in [2.45, 2.75) is 32.0 Å². The number of benzene rings is 2. The van der Waals surface area contributed by atoms with E-state index in [1.54, 1.807) is 7.11 Å². The summed E-state index contributed by atoms with van der Waals surface area (Å²) in [6, 6.07) is 15.6. The number of hydrogen-bond acceptors (Lipinski definition) is 4. The lowest BCUT2D eigenvalue weighted by molar-refractivity contribution is 0.0684. The van der Waals surface area contributed by atoms with Crippen LogP contribution in [0.3, 0.4) is 0 Å². The normalized spacial score (nSPS) is 16.4. The van der Waals surface area contributed by atoms with E-state index in [1.165, 1.54) is 0 Å². The third-order valence-electron chi connectivity index (χ3n) is 5.46. The lowest BCUT2D eigenvalue weighted by atomic mass is 10.1. The first-order chi connectivity index (χ1) is 14.2. The predicted octanol–water partition coefficient (Wildman–Crippen LogP) is 3.67. The minimum absolute atomic E-state index is 0.209. The van der Waals surface area contributed by atoms with Crippen LogP contribution in [0.25, 0.3) is 10.9 Å². The lowest BCUT2D eigenvalue weighted by Gasteiger charge is -2.12. The van der Waals surface area contributed by atoms with Crippen LogP contribution in [0.2, 0.25) is 0 Å². The summed E-state index contributed by atoms with van der Waals surface area (Å²) in [5.74, 6) is -0.217. The average molecular weight is 394 g/mol. The van der Waals surface area contributed by atoms with Gasteiger partial charge in [0.25, 0.3) is 0 Å². The van der Waals surface area contributed by atoms with Crippen LogP contribution >= 0.6 is 0 Å². The molecule has 152 valence electrons. The Morgan fingerprint density at radius 3 is 2.79 bits per heavy atom. The van der Waals surface area contributed by atoms with Gasteiger partial charge < -0.3 is 24.5 Å². The van der Waals surface area contributed by atoms with E-state index in [2.05, 4.69) is 5.32 Å². The number of nitrogens with one attached hydrogen (secondary N) is 1. The Morgan fingerprint density at radius 2 is 2.10 bits per heavy atom. The van der Waals surface area contributed by atoms with Gasteiger partial charge in [0.2, 0.25) is 0 Å². The summed E-state index contributed by atoms with van der Waals surface area (Å²) in [6.07, 6.45) is 2.34. The van der Waals surface area contributed by atoms with Crippen LogP contribution in [0, 0.1) is 0 Å². The number of ether oxygens (including phenoxy) is 2. The average Bonchev–Trinajstić information content (AvgIpc) is 3.35. The molecule has 3 aromatic rings. The van der Waals surface area contributed by atoms with Gasteiger partial charge in [-0.2, -0.15) is 0 Å². The molecule has 2 aromatic carbocycles. The highest BCUT2D eigenvalue weighted by Gasteiger charge is 2.23. The van der Waals surface area contributed by atoms with Crippen molar-refractivity contribution in [2.24, 2.45) is 0 Å². The summed E-state index contributed by atoms with van der Waals surface area (Å²) in [6.45, 7) is 2.49. The first-order valence-electron chi connectivity index (χ1n) is 9.96. The molecular formula is C23H26N2O4. The molecule has 6 heteroatoms. The Bertz CT molecular complexity index is 991. The van der Waals surface area contributed by atoms with E-state index in [0.717, 1.165) is 48.0 Å². The van der Waals surface area contributed by atoms with Gasteiger partial charge in [-0.15, -0.1) is 0 Å². The molecule has 2 heterocycles. The molecule has 4 rings (SSSR count). The zero-order valence-corrected chi connectivity index (χ0v) is 16.6. The molecular weight excluding hydrogens is 368 g/mol. The van der Waals surface area contributed by atoms with Crippen molar-refractivity contribution in [3.05, 3.63) is 65.4 Å². The first-order valence-corrected chi connectivity index (χ1v) is 9.96. The van der Waals surface area contributed by atoms with Gasteiger partial charge in [-0.05, 0) is 30.5 Å². The molecule has 0 aliphatic carbocycles. The smallest absolute Gasteiger partial charge is 0.352 e. The molecule has 0 unspecified atom stereocenters. The van der Waals surface area contributed by atoms with E-state index in [-0.39, 0.29) is 6.10 Å². The Hall–Kier alpha value is -2.83. The highest BCUT2D eigenvalue weighted by Crippen LogP contribution is 2.30. The predicted molar refractivity (Wildman–Crippen MR) is 112 cm³/mol. The highest BCUT2D eigenvalue weighted by atomic mass is 16.5. The maximum absolute atomic E-state index is 12.3. The van der Waals surface area contributed by atoms with Gasteiger partial charge in [0.05, 0.1) is 18.7 Å². The van der Waals surface area contributed by atoms with Gasteiger partial charge >= 0.3 is 5.97 Å². The molecule has 0 bridgehead atoms. The largest absolute Gasteiger partial charge is 0.497 e. The number of carbonyl (C=O) groups is 1. The molecule has 2 N–H and O–H groups in total. The minimum Gasteiger partial charge on any atom is -0.497 e. The summed E-state index contributed by atoms with van der Waals surface area (Å²) >= 11 is 0. The van der Waals surface area contributed by atoms with Gasteiger partial charge in [-0.3, -0.25) is 0 Å². The molecule has 0 amide bonds. The number of fused-ring (bicyclic) bond motifs is 1. The van der Waals surface area contributed by atoms with Crippen LogP contribution in [-0.2, 0) is 17.8 Å². The van der Waals surface area contributed by atoms with E-state index in [0.29, 0.717) is 24.5 Å². The molecule has 1 aromatic heterocycles. The SMILES string of the molecule is COc1ccc2c(CNC[C@H]3CCCO3)c(C(=O)O)n(Cc3ccccc3)c2c1. The number of carboxylic acid groups (broad SMARTS) is 1. The van der Waals surface area contributed by atoms with Gasteiger partial charge in [-0.1, -0.05) is 30.3 Å². The van der Waals surface area contributed by atoms with Crippen molar-refractivity contribution in [1.82, 2.24) is 9.88 Å². The second kappa shape index (κ2) is 8.68. The quantitative estimate of drug-likeness (QED) is 0.610. The van der Waals surface area contributed by atoms with Crippen LogP contribution in [0.15, 0.2) is 48.5 Å². The Kier molecular flexibility index (Phi) is 5.83. The zero-order chi connectivity index (χ0) is 20.2. The summed E-state index contributed by atoms with van der Waals surface area (Å²) in [4.78, 5) is 12.3. The van der Waals surface area contributed by atoms with Crippen LogP contribution in [-0.4, -0.2) is 42.0 Å². The van der Waals surface area contributed by atoms with Crippen molar-refractivity contribution < 1.29 is 19.4 Å². The summed E-state index contributed by atoms with van der Waals surface area (Å²) in [5, 5.41) is 14.4. The minimum atomic E-state index is -0.926. The van der Waals surface area contributed by atoms with Crippen molar-refractivity contribution in [1.29, 1.82) is 0 Å². The second-order valence-corrected chi connectivity index (χ2v) is 7.35. The third-order valence-corrected chi connectivity index (χ3v) is 5.46. The molecule has 1 fully saturated rings. The number of hydrogen-bond donors (Lipinski definition) is 2. The molecule has 1 aliphatic heterocycles. The second-order valence-electron chi connectivity index (χ2n) is 7.35. The topological polar surface area (TPSA) is 72.7 Å². The number of rotatable bonds is 8. The van der Waals surface area contributed by atoms with Gasteiger partial charge in [0, 0.05) is 43.3 Å². The van der Waals surface area contributed by atoms with Crippen molar-refractivity contribution in [3.8, 4) is 5.75 Å². The van der Waals surface area contributed by atoms with Gasteiger partial charge in [-0.25, -0.2) is 4.79 Å². The molecule has 1 atom stereocenters. The van der Waals surface area contributed by atoms with Crippen molar-refractivity contribution >= 4 is 16.9 Å². The molecule has 1 aliphatic rings. The van der Waals surface area contributed by atoms with Crippen LogP contribution in [0.1, 0.15) is 34.5 Å². The summed E-state index contributed by atoms with van der Waals surface area (Å²) < 4.78 is 12.9. The van der Waals surface area contributed by atoms with Gasteiger partial charge in [0.15, 0.2) is 0 Å². The zero-order valence-electron chi connectivity index (χ0n) is 16.6. The Labute approximate surface area is 170 Å². The van der Waals surface area contributed by atoms with Crippen LogP contribution < -0.4 is 10.1 Å². The lowest BCUT2D eigenvalue weighted by Crippen LogP contribution is -2.26. The van der Waals surface area contributed by atoms with E-state index < -0.39 is 5.97 Å². The maximum atomic E-state index is 12.3. The number of aromatic nitrogens is 1. The van der Waals surface area contributed by atoms with E-state index >= 15 is 0 Å². The number of carboxylic acids is 1. The van der Waals surface area contributed by atoms with Crippen molar-refractivity contribution in [3.63, 3.8) is 0 Å². The fourth-order valence-electron chi connectivity index (χ4n) is 4.05. The fourth-order valence-corrected chi connectivity index (χ4v) is 4.05. The van der Waals surface area contributed by atoms with E-state index in [4.69, 9.17) is 9.47 Å². The Balaban J connectivity index is 1.74. The summed E-state index contributed by atoms with van der Waals surface area (Å²) in [7, 11) is 1.62. The highest BCUT2D eigenvalue weighted by molar-refractivity contribution is 5.98. The molecule has 0 radical (unpaired) electrons. The molecule has 0 saturated carbocycles. The third kappa shape index (κ3) is 4.13. The number of methoxy groups -OCH3 is 1. The van der Waals surface area contributed by atoms with E-state index in [1.807, 2.05) is 53.1 Å². The maximum Gasteiger partial charge on any atom is 0.352 e. The first kappa shape index (κ1) is 19.5. The summed E-state index contributed by atoms with van der Waals surface area (Å²) in [5.41, 5.74) is 3.02. The monoisotopic (exact) mass is 394 g/mol. The molecule has 1 saturated heterocycles.